The summed E-state index contributed by atoms with van der Waals surface area (Å²) in [6, 6.07) is 6.90. The van der Waals surface area contributed by atoms with Crippen molar-refractivity contribution in [3.8, 4) is 22.6 Å². The maximum absolute atomic E-state index is 13.4. The van der Waals surface area contributed by atoms with Crippen molar-refractivity contribution >= 4 is 16.9 Å². The Morgan fingerprint density at radius 2 is 1.97 bits per heavy atom. The Balaban J connectivity index is 2.03. The molecule has 0 spiro atoms. The smallest absolute Gasteiger partial charge is 0.366 e. The molecule has 3 heterocycles. The number of halogens is 3. The second-order valence-electron chi connectivity index (χ2n) is 6.90. The molecule has 30 heavy (non-hydrogen) atoms. The van der Waals surface area contributed by atoms with Crippen LogP contribution < -0.4 is 5.73 Å². The molecule has 4 aromatic rings. The lowest BCUT2D eigenvalue weighted by molar-refractivity contribution is -0.137. The number of hydrogen-bond donors (Lipinski definition) is 2. The molecule has 9 heteroatoms. The number of nitrogens with one attached hydrogen (secondary N) is 1. The van der Waals surface area contributed by atoms with E-state index in [2.05, 4.69) is 15.0 Å². The van der Waals surface area contributed by atoms with Crippen molar-refractivity contribution in [1.29, 1.82) is 0 Å². The number of nitrogens with zero attached hydrogens (tertiary/aromatic N) is 3. The van der Waals surface area contributed by atoms with E-state index in [0.29, 0.717) is 40.3 Å². The summed E-state index contributed by atoms with van der Waals surface area (Å²) in [6.07, 6.45) is -0.927. The third kappa shape index (κ3) is 3.12. The number of hydrogen-bond acceptors (Lipinski definition) is 3. The average molecular weight is 413 g/mol. The zero-order valence-corrected chi connectivity index (χ0v) is 16.2. The second kappa shape index (κ2) is 7.01. The number of alkyl halides is 3. The van der Waals surface area contributed by atoms with Gasteiger partial charge in [0.15, 0.2) is 0 Å². The maximum atomic E-state index is 13.4. The minimum absolute atomic E-state index is 0.129. The van der Waals surface area contributed by atoms with Crippen LogP contribution >= 0.6 is 0 Å². The molecule has 0 radical (unpaired) electrons. The molecular weight excluding hydrogens is 395 g/mol. The van der Waals surface area contributed by atoms with E-state index < -0.39 is 17.6 Å². The van der Waals surface area contributed by atoms with Crippen molar-refractivity contribution in [1.82, 2.24) is 19.5 Å². The predicted octanol–water partition coefficient (Wildman–Crippen LogP) is 4.31. The highest BCUT2D eigenvalue weighted by Gasteiger charge is 2.32. The number of primary amides is 1. The number of H-pyrrole nitrogens is 1. The number of carbonyl (C=O) groups excluding carboxylic acids is 1. The number of nitrogens with two attached hydrogens (primary N) is 1. The van der Waals surface area contributed by atoms with Crippen LogP contribution in [0.25, 0.3) is 33.7 Å². The summed E-state index contributed by atoms with van der Waals surface area (Å²) in [7, 11) is 1.68. The monoisotopic (exact) mass is 413 g/mol. The van der Waals surface area contributed by atoms with Gasteiger partial charge in [0.25, 0.3) is 5.91 Å². The minimum atomic E-state index is -4.51. The molecule has 0 saturated carbocycles. The third-order valence-electron chi connectivity index (χ3n) is 5.17. The van der Waals surface area contributed by atoms with Gasteiger partial charge in [-0.2, -0.15) is 13.2 Å². The number of amides is 1. The van der Waals surface area contributed by atoms with E-state index in [9.17, 15) is 18.0 Å². The van der Waals surface area contributed by atoms with E-state index in [1.54, 1.807) is 29.9 Å². The largest absolute Gasteiger partial charge is 0.416 e. The SMILES string of the molecule is CCc1ccc(C(F)(F)F)cc1-c1c(C(N)=O)cc(-c2ncnc3[nH]ccc23)n1C. The van der Waals surface area contributed by atoms with Gasteiger partial charge in [-0.05, 0) is 36.2 Å². The molecule has 3 N–H and O–H groups in total. The van der Waals surface area contributed by atoms with E-state index in [-0.39, 0.29) is 5.56 Å². The van der Waals surface area contributed by atoms with Crippen molar-refractivity contribution in [2.24, 2.45) is 12.8 Å². The molecule has 0 aliphatic carbocycles. The van der Waals surface area contributed by atoms with E-state index in [1.165, 1.54) is 12.4 Å². The summed E-state index contributed by atoms with van der Waals surface area (Å²) in [4.78, 5) is 23.7. The topological polar surface area (TPSA) is 89.6 Å². The Labute approximate surface area is 169 Å². The van der Waals surface area contributed by atoms with Gasteiger partial charge in [-0.1, -0.05) is 13.0 Å². The van der Waals surface area contributed by atoms with Crippen molar-refractivity contribution in [2.45, 2.75) is 19.5 Å². The molecule has 0 aliphatic rings. The van der Waals surface area contributed by atoms with Gasteiger partial charge in [-0.3, -0.25) is 4.79 Å². The fourth-order valence-electron chi connectivity index (χ4n) is 3.70. The highest BCUT2D eigenvalue weighted by atomic mass is 19.4. The molecule has 3 aromatic heterocycles. The first-order valence-corrected chi connectivity index (χ1v) is 9.20. The van der Waals surface area contributed by atoms with Crippen molar-refractivity contribution in [3.63, 3.8) is 0 Å². The summed E-state index contributed by atoms with van der Waals surface area (Å²) < 4.78 is 41.8. The minimum Gasteiger partial charge on any atom is -0.366 e. The Morgan fingerprint density at radius 1 is 1.20 bits per heavy atom. The fraction of sp³-hybridized carbons (Fsp3) is 0.190. The van der Waals surface area contributed by atoms with Gasteiger partial charge < -0.3 is 15.3 Å². The molecule has 1 aromatic carbocycles. The molecule has 0 fully saturated rings. The normalized spacial score (nSPS) is 11.9. The molecular formula is C21H18F3N5O. The van der Waals surface area contributed by atoms with Crippen LogP contribution in [-0.4, -0.2) is 25.4 Å². The van der Waals surface area contributed by atoms with Crippen molar-refractivity contribution in [3.05, 3.63) is 59.5 Å². The second-order valence-corrected chi connectivity index (χ2v) is 6.90. The molecule has 0 saturated heterocycles. The lowest BCUT2D eigenvalue weighted by atomic mass is 9.97. The number of aromatic nitrogens is 4. The van der Waals surface area contributed by atoms with Crippen LogP contribution in [0.3, 0.4) is 0 Å². The lowest BCUT2D eigenvalue weighted by Gasteiger charge is -2.15. The zero-order chi connectivity index (χ0) is 21.6. The molecule has 0 unspecified atom stereocenters. The molecule has 1 amide bonds. The van der Waals surface area contributed by atoms with Crippen LogP contribution in [0.5, 0.6) is 0 Å². The molecule has 4 rings (SSSR count). The van der Waals surface area contributed by atoms with Crippen molar-refractivity contribution in [2.75, 3.05) is 0 Å². The van der Waals surface area contributed by atoms with E-state index in [1.807, 2.05) is 6.92 Å². The summed E-state index contributed by atoms with van der Waals surface area (Å²) in [5, 5.41) is 0.723. The highest BCUT2D eigenvalue weighted by molar-refractivity contribution is 6.02. The van der Waals surface area contributed by atoms with Gasteiger partial charge in [0.2, 0.25) is 0 Å². The standard InChI is InChI=1S/C21H18F3N5O/c1-3-11-4-5-12(21(22,23)24)8-14(11)18-15(19(25)30)9-16(29(18)2)17-13-6-7-26-20(13)28-10-27-17/h4-10H,3H2,1-2H3,(H2,25,30)(H,26,27,28). The summed E-state index contributed by atoms with van der Waals surface area (Å²) in [6.45, 7) is 1.84. The highest BCUT2D eigenvalue weighted by Crippen LogP contribution is 2.38. The Bertz CT molecular complexity index is 1270. The van der Waals surface area contributed by atoms with E-state index in [4.69, 9.17) is 5.73 Å². The van der Waals surface area contributed by atoms with Gasteiger partial charge in [0.1, 0.15) is 12.0 Å². The third-order valence-corrected chi connectivity index (χ3v) is 5.17. The quantitative estimate of drug-likeness (QED) is 0.522. The number of aryl methyl sites for hydroxylation is 1. The van der Waals surface area contributed by atoms with Crippen LogP contribution in [0, 0.1) is 0 Å². The Hall–Kier alpha value is -3.62. The molecule has 154 valence electrons. The fourth-order valence-corrected chi connectivity index (χ4v) is 3.70. The predicted molar refractivity (Wildman–Crippen MR) is 107 cm³/mol. The first-order valence-electron chi connectivity index (χ1n) is 9.20. The van der Waals surface area contributed by atoms with Crippen LogP contribution in [-0.2, 0) is 19.6 Å². The molecule has 6 nitrogen and oxygen atoms in total. The van der Waals surface area contributed by atoms with Crippen LogP contribution in [0.2, 0.25) is 0 Å². The average Bonchev–Trinajstić information content (AvgIpc) is 3.31. The molecule has 0 aliphatic heterocycles. The van der Waals surface area contributed by atoms with Gasteiger partial charge >= 0.3 is 6.18 Å². The maximum Gasteiger partial charge on any atom is 0.416 e. The van der Waals surface area contributed by atoms with E-state index >= 15 is 0 Å². The van der Waals surface area contributed by atoms with Crippen LogP contribution in [0.4, 0.5) is 13.2 Å². The summed E-state index contributed by atoms with van der Waals surface area (Å²) in [5.41, 5.74) is 7.95. The van der Waals surface area contributed by atoms with Gasteiger partial charge in [0, 0.05) is 24.2 Å². The number of aromatic amines is 1. The van der Waals surface area contributed by atoms with Crippen LogP contribution in [0.1, 0.15) is 28.4 Å². The Morgan fingerprint density at radius 3 is 2.63 bits per heavy atom. The zero-order valence-electron chi connectivity index (χ0n) is 16.2. The number of benzene rings is 1. The lowest BCUT2D eigenvalue weighted by Crippen LogP contribution is -2.13. The van der Waals surface area contributed by atoms with E-state index in [0.717, 1.165) is 17.5 Å². The van der Waals surface area contributed by atoms with Crippen molar-refractivity contribution < 1.29 is 18.0 Å². The Kier molecular flexibility index (Phi) is 4.60. The summed E-state index contributed by atoms with van der Waals surface area (Å²) >= 11 is 0. The first kappa shape index (κ1) is 19.7. The molecule has 0 atom stereocenters. The van der Waals surface area contributed by atoms with Gasteiger partial charge in [0.05, 0.1) is 28.2 Å². The number of rotatable bonds is 4. The summed E-state index contributed by atoms with van der Waals surface area (Å²) in [5.74, 6) is -0.731. The van der Waals surface area contributed by atoms with Gasteiger partial charge in [-0.25, -0.2) is 9.97 Å². The van der Waals surface area contributed by atoms with Gasteiger partial charge in [-0.15, -0.1) is 0 Å². The number of carbonyl (C=O) groups is 1. The van der Waals surface area contributed by atoms with Crippen LogP contribution in [0.15, 0.2) is 42.9 Å². The first-order chi connectivity index (χ1) is 14.2. The number of fused-ring (bicyclic) bond motifs is 1. The molecule has 0 bridgehead atoms.